The number of H-pyrrole nitrogens is 1. The lowest BCUT2D eigenvalue weighted by molar-refractivity contribution is -0.142. The van der Waals surface area contributed by atoms with Crippen LogP contribution in [0.2, 0.25) is 0 Å². The van der Waals surface area contributed by atoms with Crippen molar-refractivity contribution >= 4 is 11.9 Å². The van der Waals surface area contributed by atoms with Crippen LogP contribution in [-0.4, -0.2) is 23.5 Å². The van der Waals surface area contributed by atoms with E-state index in [1.807, 2.05) is 0 Å². The molecule has 0 aromatic carbocycles. The second-order valence-electron chi connectivity index (χ2n) is 2.91. The summed E-state index contributed by atoms with van der Waals surface area (Å²) in [4.78, 5) is 24.6. The van der Waals surface area contributed by atoms with Gasteiger partial charge in [0.15, 0.2) is 0 Å². The number of hydrogen-bond acceptors (Lipinski definition) is 4. The van der Waals surface area contributed by atoms with E-state index in [4.69, 9.17) is 9.47 Å². The van der Waals surface area contributed by atoms with Crippen LogP contribution in [0, 0.1) is 0 Å². The Morgan fingerprint density at radius 3 is 2.73 bits per heavy atom. The molecule has 0 bridgehead atoms. The van der Waals surface area contributed by atoms with Crippen molar-refractivity contribution in [2.24, 2.45) is 0 Å². The predicted molar refractivity (Wildman–Crippen MR) is 52.2 cm³/mol. The number of carbonyl (C=O) groups excluding carboxylic acids is 2. The van der Waals surface area contributed by atoms with Gasteiger partial charge in [0.05, 0.1) is 17.9 Å². The minimum Gasteiger partial charge on any atom is -0.462 e. The standard InChI is InChI=1S/C10H13NO4/c1-3-14-10(13)8-4-9(11-5-8)6-15-7(2)12/h4-5,11H,3,6H2,1-2H3. The van der Waals surface area contributed by atoms with E-state index in [0.717, 1.165) is 0 Å². The molecule has 5 nitrogen and oxygen atoms in total. The summed E-state index contributed by atoms with van der Waals surface area (Å²) in [6.45, 7) is 3.54. The Morgan fingerprint density at radius 2 is 2.13 bits per heavy atom. The molecule has 0 fully saturated rings. The zero-order valence-electron chi connectivity index (χ0n) is 8.70. The Balaban J connectivity index is 2.56. The Hall–Kier alpha value is -1.78. The van der Waals surface area contributed by atoms with Crippen molar-refractivity contribution in [3.63, 3.8) is 0 Å². The van der Waals surface area contributed by atoms with Crippen molar-refractivity contribution < 1.29 is 19.1 Å². The number of carbonyl (C=O) groups is 2. The molecule has 0 saturated heterocycles. The third kappa shape index (κ3) is 3.46. The van der Waals surface area contributed by atoms with Gasteiger partial charge in [-0.1, -0.05) is 0 Å². The topological polar surface area (TPSA) is 68.4 Å². The highest BCUT2D eigenvalue weighted by atomic mass is 16.5. The van der Waals surface area contributed by atoms with Gasteiger partial charge in [0.1, 0.15) is 6.61 Å². The number of rotatable bonds is 4. The van der Waals surface area contributed by atoms with Crippen molar-refractivity contribution in [2.75, 3.05) is 6.61 Å². The van der Waals surface area contributed by atoms with E-state index in [1.165, 1.54) is 13.1 Å². The van der Waals surface area contributed by atoms with Crippen molar-refractivity contribution in [1.82, 2.24) is 4.98 Å². The third-order valence-corrected chi connectivity index (χ3v) is 1.68. The number of ether oxygens (including phenoxy) is 2. The van der Waals surface area contributed by atoms with Crippen LogP contribution in [0.15, 0.2) is 12.3 Å². The quantitative estimate of drug-likeness (QED) is 0.761. The van der Waals surface area contributed by atoms with Crippen molar-refractivity contribution in [3.05, 3.63) is 23.5 Å². The van der Waals surface area contributed by atoms with Crippen molar-refractivity contribution in [1.29, 1.82) is 0 Å². The second-order valence-corrected chi connectivity index (χ2v) is 2.91. The van der Waals surface area contributed by atoms with Gasteiger partial charge in [0.2, 0.25) is 0 Å². The van der Waals surface area contributed by atoms with Gasteiger partial charge in [0, 0.05) is 13.1 Å². The van der Waals surface area contributed by atoms with Gasteiger partial charge in [0.25, 0.3) is 0 Å². The van der Waals surface area contributed by atoms with E-state index in [9.17, 15) is 9.59 Å². The number of esters is 2. The van der Waals surface area contributed by atoms with Crippen LogP contribution in [0.5, 0.6) is 0 Å². The fourth-order valence-electron chi connectivity index (χ4n) is 1.04. The summed E-state index contributed by atoms with van der Waals surface area (Å²) in [5.41, 5.74) is 1.09. The Kier molecular flexibility index (Phi) is 3.91. The normalized spacial score (nSPS) is 9.73. The first-order valence-corrected chi connectivity index (χ1v) is 4.61. The summed E-state index contributed by atoms with van der Waals surface area (Å²) >= 11 is 0. The molecule has 1 N–H and O–H groups in total. The summed E-state index contributed by atoms with van der Waals surface area (Å²) in [5.74, 6) is -0.745. The maximum absolute atomic E-state index is 11.2. The van der Waals surface area contributed by atoms with Gasteiger partial charge in [-0.2, -0.15) is 0 Å². The average Bonchev–Trinajstić information content (AvgIpc) is 2.63. The van der Waals surface area contributed by atoms with Crippen LogP contribution in [0.25, 0.3) is 0 Å². The highest BCUT2D eigenvalue weighted by Crippen LogP contribution is 2.06. The van der Waals surface area contributed by atoms with E-state index in [0.29, 0.717) is 17.9 Å². The summed E-state index contributed by atoms with van der Waals surface area (Å²) in [5, 5.41) is 0. The first kappa shape index (κ1) is 11.3. The van der Waals surface area contributed by atoms with Crippen LogP contribution in [-0.2, 0) is 20.9 Å². The molecule has 1 aromatic heterocycles. The number of aromatic nitrogens is 1. The van der Waals surface area contributed by atoms with Gasteiger partial charge < -0.3 is 14.5 Å². The van der Waals surface area contributed by atoms with Gasteiger partial charge in [-0.05, 0) is 13.0 Å². The van der Waals surface area contributed by atoms with Crippen LogP contribution in [0.3, 0.4) is 0 Å². The molecule has 1 rings (SSSR count). The Morgan fingerprint density at radius 1 is 1.40 bits per heavy atom. The van der Waals surface area contributed by atoms with E-state index in [2.05, 4.69) is 4.98 Å². The molecule has 0 amide bonds. The lowest BCUT2D eigenvalue weighted by atomic mass is 10.3. The van der Waals surface area contributed by atoms with Crippen LogP contribution in [0.4, 0.5) is 0 Å². The molecule has 15 heavy (non-hydrogen) atoms. The van der Waals surface area contributed by atoms with E-state index >= 15 is 0 Å². The Bertz CT molecular complexity index is 356. The minimum absolute atomic E-state index is 0.134. The SMILES string of the molecule is CCOC(=O)c1c[nH]c(COC(C)=O)c1. The molecule has 0 atom stereocenters. The molecule has 0 spiro atoms. The zero-order valence-corrected chi connectivity index (χ0v) is 8.70. The lowest BCUT2D eigenvalue weighted by Crippen LogP contribution is -2.02. The molecule has 0 radical (unpaired) electrons. The van der Waals surface area contributed by atoms with Crippen molar-refractivity contribution in [3.8, 4) is 0 Å². The zero-order chi connectivity index (χ0) is 11.3. The molecule has 0 aliphatic rings. The number of aromatic amines is 1. The van der Waals surface area contributed by atoms with Gasteiger partial charge in [-0.25, -0.2) is 4.79 Å². The summed E-state index contributed by atoms with van der Waals surface area (Å²) < 4.78 is 9.56. The predicted octanol–water partition coefficient (Wildman–Crippen LogP) is 1.25. The van der Waals surface area contributed by atoms with E-state index in [-0.39, 0.29) is 18.5 Å². The molecule has 82 valence electrons. The molecular formula is C10H13NO4. The molecule has 0 saturated carbocycles. The number of nitrogens with one attached hydrogen (secondary N) is 1. The van der Waals surface area contributed by atoms with Gasteiger partial charge >= 0.3 is 11.9 Å². The number of hydrogen-bond donors (Lipinski definition) is 1. The monoisotopic (exact) mass is 211 g/mol. The van der Waals surface area contributed by atoms with Crippen molar-refractivity contribution in [2.45, 2.75) is 20.5 Å². The first-order chi connectivity index (χ1) is 7.13. The van der Waals surface area contributed by atoms with Crippen LogP contribution >= 0.6 is 0 Å². The van der Waals surface area contributed by atoms with Crippen LogP contribution < -0.4 is 0 Å². The Labute approximate surface area is 87.4 Å². The van der Waals surface area contributed by atoms with Gasteiger partial charge in [-0.15, -0.1) is 0 Å². The summed E-state index contributed by atoms with van der Waals surface area (Å²) in [7, 11) is 0. The molecule has 5 heteroatoms. The molecule has 1 heterocycles. The van der Waals surface area contributed by atoms with E-state index in [1.54, 1.807) is 13.0 Å². The van der Waals surface area contributed by atoms with E-state index < -0.39 is 0 Å². The molecular weight excluding hydrogens is 198 g/mol. The largest absolute Gasteiger partial charge is 0.462 e. The maximum atomic E-state index is 11.2. The molecule has 1 aromatic rings. The van der Waals surface area contributed by atoms with Gasteiger partial charge in [-0.3, -0.25) is 4.79 Å². The smallest absolute Gasteiger partial charge is 0.339 e. The highest BCUT2D eigenvalue weighted by Gasteiger charge is 2.09. The van der Waals surface area contributed by atoms with Crippen LogP contribution in [0.1, 0.15) is 29.9 Å². The maximum Gasteiger partial charge on any atom is 0.339 e. The molecule has 0 unspecified atom stereocenters. The minimum atomic E-state index is -0.386. The lowest BCUT2D eigenvalue weighted by Gasteiger charge is -1.98. The average molecular weight is 211 g/mol. The first-order valence-electron chi connectivity index (χ1n) is 4.61. The fraction of sp³-hybridized carbons (Fsp3) is 0.400. The summed E-state index contributed by atoms with van der Waals surface area (Å²) in [6, 6.07) is 1.60. The summed E-state index contributed by atoms with van der Waals surface area (Å²) in [6.07, 6.45) is 1.52. The second kappa shape index (κ2) is 5.19. The fourth-order valence-corrected chi connectivity index (χ4v) is 1.04. The highest BCUT2D eigenvalue weighted by molar-refractivity contribution is 5.89. The third-order valence-electron chi connectivity index (χ3n) is 1.68. The molecule has 0 aliphatic carbocycles. The molecule has 0 aliphatic heterocycles.